The standard InChI is InChI=1S/C33H36F2N8O9/c1-5-36-30(50)27-41-40-26(20-12-19(15(2)3)21(45)13-22(20)46)43(27)18-8-6-17(7-9-18)29(49)37-16(4)28(48)38-24-10-11-42(32(51)39-24)31-33(34,35)25(47)23(14-44)52-31/h6-13,15-16,23,25,31,44-47H,5,14H2,1-4H3,(H,36,50)(H,37,49)(H,38,39,48,51)/t16?,23-,25-,31-/m1/s1. The Kier molecular flexibility index (Phi) is 10.7. The summed E-state index contributed by atoms with van der Waals surface area (Å²) in [6, 6.07) is 8.40. The molecular formula is C33H36F2N8O9. The van der Waals surface area contributed by atoms with Gasteiger partial charge < -0.3 is 41.1 Å². The molecule has 1 aliphatic rings. The maximum absolute atomic E-state index is 14.5. The van der Waals surface area contributed by atoms with Crippen molar-refractivity contribution in [1.29, 1.82) is 0 Å². The lowest BCUT2D eigenvalue weighted by Gasteiger charge is -2.21. The van der Waals surface area contributed by atoms with Gasteiger partial charge in [0.1, 0.15) is 29.5 Å². The van der Waals surface area contributed by atoms with Gasteiger partial charge in [0.05, 0.1) is 12.2 Å². The number of nitrogens with zero attached hydrogens (tertiary/aromatic N) is 5. The van der Waals surface area contributed by atoms with Crippen LogP contribution in [0.15, 0.2) is 53.5 Å². The summed E-state index contributed by atoms with van der Waals surface area (Å²) >= 11 is 0. The summed E-state index contributed by atoms with van der Waals surface area (Å²) in [4.78, 5) is 55.0. The molecule has 7 N–H and O–H groups in total. The fraction of sp³-hybridized carbons (Fsp3) is 0.364. The fourth-order valence-electron chi connectivity index (χ4n) is 5.45. The zero-order valence-corrected chi connectivity index (χ0v) is 28.2. The van der Waals surface area contributed by atoms with Crippen LogP contribution in [0.3, 0.4) is 0 Å². The van der Waals surface area contributed by atoms with Crippen LogP contribution in [0.5, 0.6) is 11.5 Å². The van der Waals surface area contributed by atoms with Crippen molar-refractivity contribution in [3.05, 3.63) is 76.1 Å². The number of aliphatic hydroxyl groups excluding tert-OH is 2. The Bertz CT molecular complexity index is 2050. The van der Waals surface area contributed by atoms with Crippen molar-refractivity contribution in [3.8, 4) is 28.6 Å². The Balaban J connectivity index is 1.32. The van der Waals surface area contributed by atoms with Crippen molar-refractivity contribution in [2.45, 2.75) is 64.0 Å². The van der Waals surface area contributed by atoms with E-state index >= 15 is 0 Å². The minimum Gasteiger partial charge on any atom is -0.508 e. The predicted molar refractivity (Wildman–Crippen MR) is 178 cm³/mol. The maximum Gasteiger partial charge on any atom is 0.351 e. The van der Waals surface area contributed by atoms with E-state index in [2.05, 4.69) is 31.1 Å². The van der Waals surface area contributed by atoms with E-state index in [0.717, 1.165) is 12.3 Å². The lowest BCUT2D eigenvalue weighted by atomic mass is 9.98. The van der Waals surface area contributed by atoms with E-state index in [0.29, 0.717) is 15.8 Å². The van der Waals surface area contributed by atoms with Gasteiger partial charge in [0.2, 0.25) is 18.0 Å². The highest BCUT2D eigenvalue weighted by molar-refractivity contribution is 6.00. The van der Waals surface area contributed by atoms with E-state index in [4.69, 9.17) is 4.74 Å². The average Bonchev–Trinajstić information content (AvgIpc) is 3.63. The van der Waals surface area contributed by atoms with Gasteiger partial charge in [0, 0.05) is 30.1 Å². The van der Waals surface area contributed by atoms with Gasteiger partial charge in [-0.05, 0) is 61.7 Å². The number of hydrogen-bond acceptors (Lipinski definition) is 12. The molecule has 0 bridgehead atoms. The number of phenolic OH excluding ortho intramolecular Hbond substituents is 2. The van der Waals surface area contributed by atoms with E-state index in [1.54, 1.807) is 13.0 Å². The third-order valence-electron chi connectivity index (χ3n) is 8.23. The number of aromatic hydroxyl groups is 2. The highest BCUT2D eigenvalue weighted by Gasteiger charge is 2.59. The molecule has 0 radical (unpaired) electrons. The van der Waals surface area contributed by atoms with Crippen LogP contribution < -0.4 is 21.6 Å². The number of rotatable bonds is 11. The van der Waals surface area contributed by atoms with Gasteiger partial charge >= 0.3 is 11.6 Å². The predicted octanol–water partition coefficient (Wildman–Crippen LogP) is 1.42. The number of hydrogen-bond donors (Lipinski definition) is 7. The second kappa shape index (κ2) is 14.8. The summed E-state index contributed by atoms with van der Waals surface area (Å²) in [5.41, 5.74) is -0.0818. The van der Waals surface area contributed by atoms with Crippen molar-refractivity contribution >= 4 is 23.5 Å². The summed E-state index contributed by atoms with van der Waals surface area (Å²) < 4.78 is 35.7. The highest BCUT2D eigenvalue weighted by Crippen LogP contribution is 2.42. The third kappa shape index (κ3) is 7.18. The van der Waals surface area contributed by atoms with Gasteiger partial charge in [0.15, 0.2) is 11.9 Å². The second-order valence-corrected chi connectivity index (χ2v) is 12.2. The van der Waals surface area contributed by atoms with Crippen molar-refractivity contribution in [3.63, 3.8) is 0 Å². The van der Waals surface area contributed by atoms with Gasteiger partial charge in [-0.3, -0.25) is 23.5 Å². The average molecular weight is 727 g/mol. The molecule has 1 fully saturated rings. The number of ether oxygens (including phenoxy) is 1. The molecular weight excluding hydrogens is 690 g/mol. The first-order valence-corrected chi connectivity index (χ1v) is 16.0. The summed E-state index contributed by atoms with van der Waals surface area (Å²) in [6.45, 7) is 6.15. The first-order valence-electron chi connectivity index (χ1n) is 16.0. The van der Waals surface area contributed by atoms with Crippen molar-refractivity contribution < 1.29 is 48.3 Å². The molecule has 4 atom stereocenters. The van der Waals surface area contributed by atoms with Crippen LogP contribution in [-0.2, 0) is 9.53 Å². The number of amides is 3. The van der Waals surface area contributed by atoms with E-state index in [1.165, 1.54) is 41.8 Å². The summed E-state index contributed by atoms with van der Waals surface area (Å²) in [6.07, 6.45) is -5.36. The number of phenols is 2. The lowest BCUT2D eigenvalue weighted by molar-refractivity contribution is -0.141. The molecule has 2 aromatic carbocycles. The molecule has 4 aromatic rings. The normalized spacial score (nSPS) is 18.6. The zero-order valence-electron chi connectivity index (χ0n) is 28.2. The monoisotopic (exact) mass is 726 g/mol. The van der Waals surface area contributed by atoms with E-state index in [9.17, 15) is 48.4 Å². The van der Waals surface area contributed by atoms with Gasteiger partial charge in [-0.15, -0.1) is 10.2 Å². The molecule has 52 heavy (non-hydrogen) atoms. The molecule has 0 spiro atoms. The molecule has 3 amide bonds. The number of nitrogens with one attached hydrogen (secondary N) is 3. The molecule has 17 nitrogen and oxygen atoms in total. The molecule has 276 valence electrons. The number of halogens is 2. The molecule has 0 saturated carbocycles. The van der Waals surface area contributed by atoms with Crippen LogP contribution in [-0.4, -0.2) is 99.8 Å². The van der Waals surface area contributed by atoms with E-state index < -0.39 is 60.4 Å². The first kappa shape index (κ1) is 37.5. The topological polar surface area (TPSA) is 243 Å². The Labute approximate surface area is 293 Å². The smallest absolute Gasteiger partial charge is 0.351 e. The van der Waals surface area contributed by atoms with Gasteiger partial charge in [0.25, 0.3) is 11.8 Å². The van der Waals surface area contributed by atoms with Crippen molar-refractivity contribution in [1.82, 2.24) is 34.9 Å². The molecule has 1 saturated heterocycles. The minimum absolute atomic E-state index is 0.0841. The number of benzene rings is 2. The van der Waals surface area contributed by atoms with Gasteiger partial charge in [-0.1, -0.05) is 13.8 Å². The van der Waals surface area contributed by atoms with E-state index in [1.807, 2.05) is 13.8 Å². The molecule has 2 aromatic heterocycles. The Morgan fingerprint density at radius 3 is 2.31 bits per heavy atom. The largest absolute Gasteiger partial charge is 0.508 e. The lowest BCUT2D eigenvalue weighted by Crippen LogP contribution is -2.43. The first-order chi connectivity index (χ1) is 24.6. The van der Waals surface area contributed by atoms with Crippen molar-refractivity contribution in [2.75, 3.05) is 18.5 Å². The van der Waals surface area contributed by atoms with Crippen LogP contribution in [0.2, 0.25) is 0 Å². The zero-order chi connectivity index (χ0) is 38.1. The molecule has 3 heterocycles. The molecule has 0 aliphatic carbocycles. The number of carbonyl (C=O) groups is 3. The van der Waals surface area contributed by atoms with Gasteiger partial charge in [-0.25, -0.2) is 4.79 Å². The summed E-state index contributed by atoms with van der Waals surface area (Å²) in [5, 5.41) is 55.7. The highest BCUT2D eigenvalue weighted by atomic mass is 19.3. The maximum atomic E-state index is 14.5. The third-order valence-corrected chi connectivity index (χ3v) is 8.23. The van der Waals surface area contributed by atoms with Crippen molar-refractivity contribution in [2.24, 2.45) is 0 Å². The van der Waals surface area contributed by atoms with Crippen LogP contribution in [0.4, 0.5) is 14.6 Å². The quantitative estimate of drug-likeness (QED) is 0.116. The number of carbonyl (C=O) groups excluding carboxylic acids is 3. The number of aromatic nitrogens is 5. The Morgan fingerprint density at radius 2 is 1.71 bits per heavy atom. The fourth-order valence-corrected chi connectivity index (χ4v) is 5.45. The second-order valence-electron chi connectivity index (χ2n) is 12.2. The molecule has 1 aliphatic heterocycles. The van der Waals surface area contributed by atoms with Crippen LogP contribution in [0.1, 0.15) is 66.4 Å². The van der Waals surface area contributed by atoms with Gasteiger partial charge in [-0.2, -0.15) is 13.8 Å². The number of anilines is 1. The summed E-state index contributed by atoms with van der Waals surface area (Å²) in [5.74, 6) is -6.85. The van der Waals surface area contributed by atoms with Crippen LogP contribution >= 0.6 is 0 Å². The van der Waals surface area contributed by atoms with Crippen LogP contribution in [0.25, 0.3) is 17.1 Å². The molecule has 19 heteroatoms. The Hall–Kier alpha value is -5.79. The number of aliphatic hydroxyl groups is 2. The minimum atomic E-state index is -3.92. The number of alkyl halides is 2. The Morgan fingerprint density at radius 1 is 1.02 bits per heavy atom. The molecule has 1 unspecified atom stereocenters. The summed E-state index contributed by atoms with van der Waals surface area (Å²) in [7, 11) is 0. The van der Waals surface area contributed by atoms with E-state index in [-0.39, 0.29) is 52.6 Å². The SMILES string of the molecule is CCNC(=O)c1nnc(-c2cc(C(C)C)c(O)cc2O)n1-c1ccc(C(=O)NC(C)C(=O)Nc2ccn([C@@H]3O[C@H](CO)[C@@H](O)C3(F)F)c(=O)n2)cc1. The molecule has 5 rings (SSSR count). The van der Waals surface area contributed by atoms with Crippen LogP contribution in [0, 0.1) is 0 Å².